The number of nitrogens with one attached hydrogen (secondary N) is 1. The molecule has 0 unspecified atom stereocenters. The molecule has 0 bridgehead atoms. The number of nitrogens with zero attached hydrogens (tertiary/aromatic N) is 6. The Morgan fingerprint density at radius 2 is 2.16 bits per heavy atom. The highest BCUT2D eigenvalue weighted by molar-refractivity contribution is 5.29. The summed E-state index contributed by atoms with van der Waals surface area (Å²) in [6.07, 6.45) is 3.92. The number of ether oxygens (including phenoxy) is 1. The van der Waals surface area contributed by atoms with Crippen molar-refractivity contribution in [2.24, 2.45) is 0 Å². The van der Waals surface area contributed by atoms with Crippen LogP contribution in [-0.4, -0.2) is 42.4 Å². The second-order valence-electron chi connectivity index (χ2n) is 4.18. The molecule has 0 fully saturated rings. The van der Waals surface area contributed by atoms with E-state index >= 15 is 0 Å². The molecule has 0 amide bonds. The first-order valence-electron chi connectivity index (χ1n) is 6.20. The Kier molecular flexibility index (Phi) is 4.22. The van der Waals surface area contributed by atoms with Crippen LogP contribution in [0.5, 0.6) is 6.01 Å². The second kappa shape index (κ2) is 6.07. The summed E-state index contributed by atoms with van der Waals surface area (Å²) in [6, 6.07) is 0.272. The number of rotatable bonds is 6. The maximum Gasteiger partial charge on any atom is 0.323 e. The van der Waals surface area contributed by atoms with Gasteiger partial charge in [-0.15, -0.1) is 0 Å². The van der Waals surface area contributed by atoms with E-state index in [0.29, 0.717) is 11.9 Å². The van der Waals surface area contributed by atoms with Crippen molar-refractivity contribution in [3.63, 3.8) is 0 Å². The van der Waals surface area contributed by atoms with Crippen molar-refractivity contribution >= 4 is 5.95 Å². The summed E-state index contributed by atoms with van der Waals surface area (Å²) in [4.78, 5) is 16.5. The van der Waals surface area contributed by atoms with E-state index in [2.05, 4.69) is 37.3 Å². The molecule has 19 heavy (non-hydrogen) atoms. The van der Waals surface area contributed by atoms with E-state index in [1.165, 1.54) is 17.3 Å². The van der Waals surface area contributed by atoms with Gasteiger partial charge in [0.05, 0.1) is 6.10 Å². The molecule has 0 aliphatic heterocycles. The summed E-state index contributed by atoms with van der Waals surface area (Å²) in [5.74, 6) is 0.847. The Hall–Kier alpha value is -2.25. The average molecular weight is 263 g/mol. The van der Waals surface area contributed by atoms with Gasteiger partial charge in [-0.2, -0.15) is 24.7 Å². The minimum Gasteiger partial charge on any atom is -0.461 e. The molecule has 2 rings (SSSR count). The highest BCUT2D eigenvalue weighted by atomic mass is 16.5. The molecule has 0 aliphatic carbocycles. The molecule has 0 radical (unpaired) electrons. The van der Waals surface area contributed by atoms with Crippen LogP contribution in [0.15, 0.2) is 12.7 Å². The van der Waals surface area contributed by atoms with Crippen molar-refractivity contribution in [1.82, 2.24) is 29.7 Å². The van der Waals surface area contributed by atoms with E-state index in [9.17, 15) is 0 Å². The fourth-order valence-corrected chi connectivity index (χ4v) is 1.34. The molecule has 0 aliphatic rings. The summed E-state index contributed by atoms with van der Waals surface area (Å²) >= 11 is 0. The Morgan fingerprint density at radius 1 is 1.32 bits per heavy atom. The SMILES string of the molecule is CCCNc1nc(OC(C)C)nc(-n2cncn2)n1. The van der Waals surface area contributed by atoms with Gasteiger partial charge in [-0.3, -0.25) is 0 Å². The summed E-state index contributed by atoms with van der Waals surface area (Å²) in [6.45, 7) is 6.68. The van der Waals surface area contributed by atoms with Gasteiger partial charge in [0.15, 0.2) is 0 Å². The van der Waals surface area contributed by atoms with E-state index < -0.39 is 0 Å². The minimum atomic E-state index is -0.00924. The third kappa shape index (κ3) is 3.60. The average Bonchev–Trinajstić information content (AvgIpc) is 2.89. The van der Waals surface area contributed by atoms with Crippen LogP contribution >= 0.6 is 0 Å². The molecule has 2 aromatic heterocycles. The van der Waals surface area contributed by atoms with Gasteiger partial charge in [-0.25, -0.2) is 4.98 Å². The van der Waals surface area contributed by atoms with Crippen molar-refractivity contribution in [3.05, 3.63) is 12.7 Å². The van der Waals surface area contributed by atoms with Crippen LogP contribution in [0.4, 0.5) is 5.95 Å². The molecule has 0 saturated carbocycles. The molecule has 0 saturated heterocycles. The summed E-state index contributed by atoms with van der Waals surface area (Å²) in [5, 5.41) is 7.10. The van der Waals surface area contributed by atoms with E-state index in [-0.39, 0.29) is 12.1 Å². The lowest BCUT2D eigenvalue weighted by atomic mass is 10.5. The van der Waals surface area contributed by atoms with Gasteiger partial charge in [0, 0.05) is 6.54 Å². The molecule has 1 N–H and O–H groups in total. The predicted molar refractivity (Wildman–Crippen MR) is 69.3 cm³/mol. The zero-order valence-corrected chi connectivity index (χ0v) is 11.2. The molecule has 8 heteroatoms. The van der Waals surface area contributed by atoms with Crippen LogP contribution in [0.3, 0.4) is 0 Å². The van der Waals surface area contributed by atoms with Crippen LogP contribution in [0.1, 0.15) is 27.2 Å². The molecule has 0 atom stereocenters. The lowest BCUT2D eigenvalue weighted by molar-refractivity contribution is 0.221. The van der Waals surface area contributed by atoms with Gasteiger partial charge in [0.2, 0.25) is 5.95 Å². The topological polar surface area (TPSA) is 90.6 Å². The van der Waals surface area contributed by atoms with Gasteiger partial charge < -0.3 is 10.1 Å². The van der Waals surface area contributed by atoms with Crippen LogP contribution in [0.25, 0.3) is 5.95 Å². The zero-order chi connectivity index (χ0) is 13.7. The van der Waals surface area contributed by atoms with E-state index in [1.54, 1.807) is 0 Å². The monoisotopic (exact) mass is 263 g/mol. The van der Waals surface area contributed by atoms with E-state index in [1.807, 2.05) is 13.8 Å². The Bertz CT molecular complexity index is 512. The normalized spacial score (nSPS) is 10.7. The lowest BCUT2D eigenvalue weighted by Crippen LogP contribution is -2.14. The maximum atomic E-state index is 5.51. The fraction of sp³-hybridized carbons (Fsp3) is 0.545. The number of hydrogen-bond acceptors (Lipinski definition) is 7. The maximum absolute atomic E-state index is 5.51. The largest absolute Gasteiger partial charge is 0.461 e. The van der Waals surface area contributed by atoms with Crippen molar-refractivity contribution in [2.45, 2.75) is 33.3 Å². The fourth-order valence-electron chi connectivity index (χ4n) is 1.34. The zero-order valence-electron chi connectivity index (χ0n) is 11.2. The number of aromatic nitrogens is 6. The van der Waals surface area contributed by atoms with Gasteiger partial charge in [-0.1, -0.05) is 6.92 Å². The molecular formula is C11H17N7O. The molecule has 2 heterocycles. The molecule has 102 valence electrons. The smallest absolute Gasteiger partial charge is 0.323 e. The Balaban J connectivity index is 2.31. The van der Waals surface area contributed by atoms with Crippen molar-refractivity contribution in [1.29, 1.82) is 0 Å². The summed E-state index contributed by atoms with van der Waals surface area (Å²) in [5.41, 5.74) is 0. The van der Waals surface area contributed by atoms with Gasteiger partial charge in [0.25, 0.3) is 5.95 Å². The van der Waals surface area contributed by atoms with Crippen molar-refractivity contribution in [2.75, 3.05) is 11.9 Å². The predicted octanol–water partition coefficient (Wildman–Crippen LogP) is 1.06. The molecular weight excluding hydrogens is 246 g/mol. The number of anilines is 1. The van der Waals surface area contributed by atoms with Crippen LogP contribution < -0.4 is 10.1 Å². The summed E-state index contributed by atoms with van der Waals surface area (Å²) in [7, 11) is 0. The minimum absolute atomic E-state index is 0.00924. The highest BCUT2D eigenvalue weighted by Crippen LogP contribution is 2.11. The Labute approximate surface area is 111 Å². The second-order valence-corrected chi connectivity index (χ2v) is 4.18. The highest BCUT2D eigenvalue weighted by Gasteiger charge is 2.10. The first kappa shape index (κ1) is 13.2. The van der Waals surface area contributed by atoms with Crippen molar-refractivity contribution in [3.8, 4) is 12.0 Å². The quantitative estimate of drug-likeness (QED) is 0.833. The lowest BCUT2D eigenvalue weighted by Gasteiger charge is -2.10. The van der Waals surface area contributed by atoms with Crippen LogP contribution in [0, 0.1) is 0 Å². The van der Waals surface area contributed by atoms with Gasteiger partial charge in [0.1, 0.15) is 12.7 Å². The number of hydrogen-bond donors (Lipinski definition) is 1. The standard InChI is InChI=1S/C11H17N7O/c1-4-5-13-9-15-10(18-7-12-6-14-18)17-11(16-9)19-8(2)3/h6-8H,4-5H2,1-3H3,(H,13,15,16,17). The first-order valence-corrected chi connectivity index (χ1v) is 6.20. The van der Waals surface area contributed by atoms with Crippen LogP contribution in [-0.2, 0) is 0 Å². The molecule has 0 spiro atoms. The third-order valence-corrected chi connectivity index (χ3v) is 2.10. The Morgan fingerprint density at radius 3 is 2.79 bits per heavy atom. The van der Waals surface area contributed by atoms with Crippen molar-refractivity contribution < 1.29 is 4.74 Å². The van der Waals surface area contributed by atoms with Gasteiger partial charge >= 0.3 is 6.01 Å². The molecule has 0 aromatic carbocycles. The summed E-state index contributed by atoms with van der Waals surface area (Å²) < 4.78 is 6.97. The van der Waals surface area contributed by atoms with Gasteiger partial charge in [-0.05, 0) is 20.3 Å². The van der Waals surface area contributed by atoms with E-state index in [0.717, 1.165) is 13.0 Å². The first-order chi connectivity index (χ1) is 9.19. The molecule has 8 nitrogen and oxygen atoms in total. The van der Waals surface area contributed by atoms with Crippen LogP contribution in [0.2, 0.25) is 0 Å². The molecule has 2 aromatic rings. The third-order valence-electron chi connectivity index (χ3n) is 2.10. The van der Waals surface area contributed by atoms with E-state index in [4.69, 9.17) is 4.74 Å².